The first-order valence-corrected chi connectivity index (χ1v) is 4.93. The van der Waals surface area contributed by atoms with Crippen molar-refractivity contribution in [3.63, 3.8) is 0 Å². The molecule has 0 bridgehead atoms. The van der Waals surface area contributed by atoms with Gasteiger partial charge in [0.25, 0.3) is 0 Å². The zero-order valence-corrected chi connectivity index (χ0v) is 8.16. The minimum atomic E-state index is -0.211. The largest absolute Gasteiger partial charge is 0.450 e. The van der Waals surface area contributed by atoms with Crippen LogP contribution in [-0.4, -0.2) is 36.7 Å². The Balaban J connectivity index is 2.48. The van der Waals surface area contributed by atoms with E-state index in [1.165, 1.54) is 0 Å². The average molecular weight is 186 g/mol. The van der Waals surface area contributed by atoms with Crippen LogP contribution in [0.2, 0.25) is 0 Å². The number of hydrogen-bond donors (Lipinski definition) is 1. The highest BCUT2D eigenvalue weighted by molar-refractivity contribution is 5.68. The van der Waals surface area contributed by atoms with Gasteiger partial charge in [0.1, 0.15) is 0 Å². The second-order valence-electron chi connectivity index (χ2n) is 3.28. The minimum Gasteiger partial charge on any atom is -0.450 e. The van der Waals surface area contributed by atoms with Gasteiger partial charge in [0, 0.05) is 19.1 Å². The molecule has 1 amide bonds. The number of likely N-dealkylation sites (tertiary alicyclic amines) is 1. The van der Waals surface area contributed by atoms with E-state index in [4.69, 9.17) is 10.5 Å². The van der Waals surface area contributed by atoms with Crippen LogP contribution < -0.4 is 5.73 Å². The fourth-order valence-electron chi connectivity index (χ4n) is 1.69. The van der Waals surface area contributed by atoms with E-state index in [1.807, 2.05) is 6.92 Å². The zero-order chi connectivity index (χ0) is 9.68. The molecule has 76 valence electrons. The highest BCUT2D eigenvalue weighted by Crippen LogP contribution is 2.16. The van der Waals surface area contributed by atoms with Crippen molar-refractivity contribution in [3.05, 3.63) is 0 Å². The summed E-state index contributed by atoms with van der Waals surface area (Å²) in [4.78, 5) is 13.2. The first-order valence-electron chi connectivity index (χ1n) is 4.93. The molecule has 0 spiro atoms. The van der Waals surface area contributed by atoms with Crippen molar-refractivity contribution in [1.82, 2.24) is 4.90 Å². The van der Waals surface area contributed by atoms with Gasteiger partial charge in [-0.2, -0.15) is 0 Å². The van der Waals surface area contributed by atoms with Crippen LogP contribution in [0.1, 0.15) is 26.2 Å². The number of nitrogens with two attached hydrogens (primary N) is 1. The summed E-state index contributed by atoms with van der Waals surface area (Å²) in [6.07, 6.45) is 3.03. The van der Waals surface area contributed by atoms with Gasteiger partial charge in [-0.1, -0.05) is 0 Å². The number of ether oxygens (including phenoxy) is 1. The Bertz CT molecular complexity index is 173. The standard InChI is InChI=1S/C9H18N2O2/c1-2-13-9(12)11-6-4-3-5-8(11)7-10/h8H,2-7,10H2,1H3. The number of carbonyl (C=O) groups excluding carboxylic acids is 1. The van der Waals surface area contributed by atoms with E-state index in [2.05, 4.69) is 0 Å². The quantitative estimate of drug-likeness (QED) is 0.698. The third-order valence-electron chi connectivity index (χ3n) is 2.40. The molecule has 0 aliphatic carbocycles. The van der Waals surface area contributed by atoms with Crippen molar-refractivity contribution in [2.24, 2.45) is 5.73 Å². The van der Waals surface area contributed by atoms with Crippen LogP contribution >= 0.6 is 0 Å². The number of carbonyl (C=O) groups is 1. The van der Waals surface area contributed by atoms with Crippen LogP contribution in [0.4, 0.5) is 4.79 Å². The molecule has 1 heterocycles. The van der Waals surface area contributed by atoms with E-state index >= 15 is 0 Å². The highest BCUT2D eigenvalue weighted by atomic mass is 16.6. The predicted molar refractivity (Wildman–Crippen MR) is 50.4 cm³/mol. The summed E-state index contributed by atoms with van der Waals surface area (Å²) in [6, 6.07) is 0.188. The second kappa shape index (κ2) is 5.07. The van der Waals surface area contributed by atoms with E-state index in [-0.39, 0.29) is 12.1 Å². The van der Waals surface area contributed by atoms with Crippen LogP contribution in [0.3, 0.4) is 0 Å². The summed E-state index contributed by atoms with van der Waals surface area (Å²) in [5.74, 6) is 0. The molecule has 1 saturated heterocycles. The Hall–Kier alpha value is -0.770. The third-order valence-corrected chi connectivity index (χ3v) is 2.40. The maximum Gasteiger partial charge on any atom is 0.410 e. The highest BCUT2D eigenvalue weighted by Gasteiger charge is 2.26. The maximum atomic E-state index is 11.4. The molecule has 2 N–H and O–H groups in total. The van der Waals surface area contributed by atoms with E-state index in [0.717, 1.165) is 25.8 Å². The van der Waals surface area contributed by atoms with E-state index in [0.29, 0.717) is 13.2 Å². The zero-order valence-electron chi connectivity index (χ0n) is 8.16. The lowest BCUT2D eigenvalue weighted by atomic mass is 10.0. The summed E-state index contributed by atoms with van der Waals surface area (Å²) in [6.45, 7) is 3.59. The number of amides is 1. The molecule has 1 fully saturated rings. The lowest BCUT2D eigenvalue weighted by Crippen LogP contribution is -2.47. The van der Waals surface area contributed by atoms with Gasteiger partial charge < -0.3 is 15.4 Å². The van der Waals surface area contributed by atoms with Crippen LogP contribution in [0.5, 0.6) is 0 Å². The summed E-state index contributed by atoms with van der Waals surface area (Å²) in [5, 5.41) is 0. The van der Waals surface area contributed by atoms with Crippen LogP contribution in [0.15, 0.2) is 0 Å². The second-order valence-corrected chi connectivity index (χ2v) is 3.28. The number of hydrogen-bond acceptors (Lipinski definition) is 3. The first kappa shape index (κ1) is 10.3. The smallest absolute Gasteiger partial charge is 0.410 e. The summed E-state index contributed by atoms with van der Waals surface area (Å²) >= 11 is 0. The molecular weight excluding hydrogens is 168 g/mol. The third kappa shape index (κ3) is 2.59. The molecule has 0 radical (unpaired) electrons. The van der Waals surface area contributed by atoms with Crippen molar-refractivity contribution >= 4 is 6.09 Å². The van der Waals surface area contributed by atoms with Crippen molar-refractivity contribution in [3.8, 4) is 0 Å². The van der Waals surface area contributed by atoms with Gasteiger partial charge in [-0.05, 0) is 26.2 Å². The Kier molecular flexibility index (Phi) is 4.02. The lowest BCUT2D eigenvalue weighted by molar-refractivity contribution is 0.0788. The van der Waals surface area contributed by atoms with Crippen molar-refractivity contribution < 1.29 is 9.53 Å². The topological polar surface area (TPSA) is 55.6 Å². The summed E-state index contributed by atoms with van der Waals surface area (Å²) in [5.41, 5.74) is 5.58. The normalized spacial score (nSPS) is 22.9. The summed E-state index contributed by atoms with van der Waals surface area (Å²) in [7, 11) is 0. The molecule has 4 nitrogen and oxygen atoms in total. The van der Waals surface area contributed by atoms with Gasteiger partial charge in [-0.25, -0.2) is 4.79 Å². The monoisotopic (exact) mass is 186 g/mol. The number of piperidine rings is 1. The van der Waals surface area contributed by atoms with Crippen LogP contribution in [-0.2, 0) is 4.74 Å². The van der Waals surface area contributed by atoms with Crippen LogP contribution in [0, 0.1) is 0 Å². The molecule has 0 saturated carbocycles. The predicted octanol–water partition coefficient (Wildman–Crippen LogP) is 0.956. The fourth-order valence-corrected chi connectivity index (χ4v) is 1.69. The molecule has 1 rings (SSSR count). The van der Waals surface area contributed by atoms with Gasteiger partial charge in [0.05, 0.1) is 6.61 Å². The molecule has 0 aromatic heterocycles. The summed E-state index contributed by atoms with van der Waals surface area (Å²) < 4.78 is 4.94. The molecule has 13 heavy (non-hydrogen) atoms. The Morgan fingerprint density at radius 1 is 1.62 bits per heavy atom. The van der Waals surface area contributed by atoms with E-state index in [9.17, 15) is 4.79 Å². The molecule has 0 aromatic carbocycles. The van der Waals surface area contributed by atoms with Crippen LogP contribution in [0.25, 0.3) is 0 Å². The molecule has 1 aliphatic heterocycles. The van der Waals surface area contributed by atoms with Gasteiger partial charge in [-0.3, -0.25) is 0 Å². The Morgan fingerprint density at radius 3 is 3.00 bits per heavy atom. The molecule has 0 aromatic rings. The molecule has 1 aliphatic rings. The van der Waals surface area contributed by atoms with E-state index < -0.39 is 0 Å². The van der Waals surface area contributed by atoms with E-state index in [1.54, 1.807) is 4.90 Å². The fraction of sp³-hybridized carbons (Fsp3) is 0.889. The average Bonchev–Trinajstić information content (AvgIpc) is 2.18. The van der Waals surface area contributed by atoms with Gasteiger partial charge in [-0.15, -0.1) is 0 Å². The Morgan fingerprint density at radius 2 is 2.38 bits per heavy atom. The maximum absolute atomic E-state index is 11.4. The Labute approximate surface area is 79.0 Å². The van der Waals surface area contributed by atoms with Crippen molar-refractivity contribution in [2.75, 3.05) is 19.7 Å². The number of rotatable bonds is 2. The molecule has 1 atom stereocenters. The molecule has 4 heteroatoms. The van der Waals surface area contributed by atoms with Crippen molar-refractivity contribution in [1.29, 1.82) is 0 Å². The van der Waals surface area contributed by atoms with Gasteiger partial charge in [0.2, 0.25) is 0 Å². The molecule has 1 unspecified atom stereocenters. The van der Waals surface area contributed by atoms with Crippen molar-refractivity contribution in [2.45, 2.75) is 32.2 Å². The lowest BCUT2D eigenvalue weighted by Gasteiger charge is -2.33. The SMILES string of the molecule is CCOC(=O)N1CCCCC1CN. The van der Waals surface area contributed by atoms with Gasteiger partial charge in [0.15, 0.2) is 0 Å². The van der Waals surface area contributed by atoms with Gasteiger partial charge >= 0.3 is 6.09 Å². The number of nitrogens with zero attached hydrogens (tertiary/aromatic N) is 1. The minimum absolute atomic E-state index is 0.188. The first-order chi connectivity index (χ1) is 6.29. The molecular formula is C9H18N2O2.